The van der Waals surface area contributed by atoms with E-state index in [1.807, 2.05) is 0 Å². The predicted octanol–water partition coefficient (Wildman–Crippen LogP) is 3.50. The van der Waals surface area contributed by atoms with Crippen LogP contribution >= 0.6 is 0 Å². The Balaban J connectivity index is 1.97. The van der Waals surface area contributed by atoms with Crippen LogP contribution in [0.4, 0.5) is 0 Å². The molecule has 1 aliphatic carbocycles. The molecule has 0 spiro atoms. The summed E-state index contributed by atoms with van der Waals surface area (Å²) < 4.78 is 5.67. The minimum atomic E-state index is 0.180. The molecule has 2 heteroatoms. The Morgan fingerprint density at radius 3 is 2.33 bits per heavy atom. The third-order valence-electron chi connectivity index (χ3n) is 3.42. The van der Waals surface area contributed by atoms with Gasteiger partial charge in [-0.15, -0.1) is 0 Å². The van der Waals surface area contributed by atoms with Crippen LogP contribution in [-0.4, -0.2) is 18.7 Å². The van der Waals surface area contributed by atoms with Gasteiger partial charge >= 0.3 is 0 Å². The van der Waals surface area contributed by atoms with Gasteiger partial charge in [0, 0.05) is 18.0 Å². The summed E-state index contributed by atoms with van der Waals surface area (Å²) in [6, 6.07) is 9.30. The van der Waals surface area contributed by atoms with Gasteiger partial charge in [0.1, 0.15) is 5.75 Å². The number of nitrogens with one attached hydrogen (secondary N) is 1. The second-order valence-electron chi connectivity index (χ2n) is 6.23. The summed E-state index contributed by atoms with van der Waals surface area (Å²) in [7, 11) is 0. The number of hydrogen-bond donors (Lipinski definition) is 1. The van der Waals surface area contributed by atoms with E-state index < -0.39 is 0 Å². The van der Waals surface area contributed by atoms with E-state index in [1.54, 1.807) is 0 Å². The van der Waals surface area contributed by atoms with Crippen molar-refractivity contribution in [3.63, 3.8) is 0 Å². The minimum Gasteiger partial charge on any atom is -0.491 e. The molecule has 0 heterocycles. The van der Waals surface area contributed by atoms with Crippen molar-refractivity contribution in [3.05, 3.63) is 29.8 Å². The zero-order valence-corrected chi connectivity index (χ0v) is 12.0. The highest BCUT2D eigenvalue weighted by atomic mass is 16.5. The molecule has 0 bridgehead atoms. The minimum absolute atomic E-state index is 0.180. The number of benzene rings is 1. The van der Waals surface area contributed by atoms with E-state index in [-0.39, 0.29) is 11.5 Å². The summed E-state index contributed by atoms with van der Waals surface area (Å²) in [5.74, 6) is 0.958. The molecule has 100 valence electrons. The summed E-state index contributed by atoms with van der Waals surface area (Å²) in [5, 5.41) is 3.61. The van der Waals surface area contributed by atoms with Crippen molar-refractivity contribution in [1.82, 2.24) is 5.32 Å². The summed E-state index contributed by atoms with van der Waals surface area (Å²) >= 11 is 0. The second kappa shape index (κ2) is 5.31. The van der Waals surface area contributed by atoms with E-state index in [0.29, 0.717) is 0 Å². The Labute approximate surface area is 111 Å². The predicted molar refractivity (Wildman–Crippen MR) is 76.3 cm³/mol. The average Bonchev–Trinajstić information content (AvgIpc) is 3.10. The lowest BCUT2D eigenvalue weighted by molar-refractivity contribution is 0.242. The van der Waals surface area contributed by atoms with Gasteiger partial charge in [0.2, 0.25) is 0 Å². The van der Waals surface area contributed by atoms with E-state index >= 15 is 0 Å². The summed E-state index contributed by atoms with van der Waals surface area (Å²) in [6.07, 6.45) is 2.93. The normalized spacial score (nSPS) is 16.1. The van der Waals surface area contributed by atoms with Crippen molar-refractivity contribution in [2.45, 2.75) is 58.1 Å². The third kappa shape index (κ3) is 3.74. The Morgan fingerprint density at radius 2 is 1.83 bits per heavy atom. The highest BCUT2D eigenvalue weighted by Gasteiger charge is 2.26. The lowest BCUT2D eigenvalue weighted by atomic mass is 9.84. The Bertz CT molecular complexity index is 377. The van der Waals surface area contributed by atoms with Crippen LogP contribution in [0.1, 0.15) is 46.1 Å². The van der Waals surface area contributed by atoms with Gasteiger partial charge in [-0.2, -0.15) is 0 Å². The molecule has 0 amide bonds. The van der Waals surface area contributed by atoms with Gasteiger partial charge in [-0.1, -0.05) is 26.0 Å². The van der Waals surface area contributed by atoms with Crippen LogP contribution in [-0.2, 0) is 5.41 Å². The SMILES string of the molecule is CC(C)Oc1ccc(C(C)(C)CNC2CC2)cc1. The summed E-state index contributed by atoms with van der Waals surface area (Å²) in [5.41, 5.74) is 1.55. The smallest absolute Gasteiger partial charge is 0.119 e. The van der Waals surface area contributed by atoms with E-state index in [9.17, 15) is 0 Å². The van der Waals surface area contributed by atoms with Gasteiger partial charge in [0.25, 0.3) is 0 Å². The van der Waals surface area contributed by atoms with Crippen LogP contribution in [0.25, 0.3) is 0 Å². The van der Waals surface area contributed by atoms with Crippen molar-refractivity contribution in [3.8, 4) is 5.75 Å². The number of rotatable bonds is 6. The molecule has 0 atom stereocenters. The fraction of sp³-hybridized carbons (Fsp3) is 0.625. The first-order valence-corrected chi connectivity index (χ1v) is 6.98. The third-order valence-corrected chi connectivity index (χ3v) is 3.42. The van der Waals surface area contributed by atoms with Gasteiger partial charge in [-0.05, 0) is 44.4 Å². The maximum absolute atomic E-state index is 5.67. The zero-order valence-electron chi connectivity index (χ0n) is 12.0. The van der Waals surface area contributed by atoms with Crippen molar-refractivity contribution in [2.24, 2.45) is 0 Å². The van der Waals surface area contributed by atoms with E-state index in [2.05, 4.69) is 57.3 Å². The van der Waals surface area contributed by atoms with Gasteiger partial charge in [0.15, 0.2) is 0 Å². The first-order valence-electron chi connectivity index (χ1n) is 6.98. The van der Waals surface area contributed by atoms with Gasteiger partial charge in [-0.3, -0.25) is 0 Å². The topological polar surface area (TPSA) is 21.3 Å². The van der Waals surface area contributed by atoms with E-state index in [4.69, 9.17) is 4.74 Å². The van der Waals surface area contributed by atoms with Gasteiger partial charge in [-0.25, -0.2) is 0 Å². The molecular weight excluding hydrogens is 222 g/mol. The summed E-state index contributed by atoms with van der Waals surface area (Å²) in [6.45, 7) is 9.73. The average molecular weight is 247 g/mol. The molecule has 0 aliphatic heterocycles. The fourth-order valence-electron chi connectivity index (χ4n) is 2.05. The molecule has 2 rings (SSSR count). The standard InChI is InChI=1S/C16H25NO/c1-12(2)18-15-9-5-13(6-10-15)16(3,4)11-17-14-7-8-14/h5-6,9-10,12,14,17H,7-8,11H2,1-4H3. The Kier molecular flexibility index (Phi) is 3.96. The maximum Gasteiger partial charge on any atom is 0.119 e. The molecule has 0 unspecified atom stereocenters. The summed E-state index contributed by atoms with van der Waals surface area (Å²) in [4.78, 5) is 0. The molecule has 0 saturated heterocycles. The van der Waals surface area contributed by atoms with Crippen molar-refractivity contribution >= 4 is 0 Å². The Morgan fingerprint density at radius 1 is 1.22 bits per heavy atom. The van der Waals surface area contributed by atoms with E-state index in [1.165, 1.54) is 18.4 Å². The van der Waals surface area contributed by atoms with Crippen molar-refractivity contribution < 1.29 is 4.74 Å². The quantitative estimate of drug-likeness (QED) is 0.830. The molecular formula is C16H25NO. The number of ether oxygens (including phenoxy) is 1. The first-order chi connectivity index (χ1) is 8.47. The van der Waals surface area contributed by atoms with Crippen LogP contribution in [0.5, 0.6) is 5.75 Å². The highest BCUT2D eigenvalue weighted by Crippen LogP contribution is 2.27. The van der Waals surface area contributed by atoms with Crippen LogP contribution in [0.15, 0.2) is 24.3 Å². The molecule has 18 heavy (non-hydrogen) atoms. The molecule has 1 aromatic carbocycles. The molecule has 1 fully saturated rings. The van der Waals surface area contributed by atoms with E-state index in [0.717, 1.165) is 18.3 Å². The molecule has 1 aliphatic rings. The Hall–Kier alpha value is -1.02. The lowest BCUT2D eigenvalue weighted by Gasteiger charge is -2.26. The van der Waals surface area contributed by atoms with Crippen molar-refractivity contribution in [1.29, 1.82) is 0 Å². The van der Waals surface area contributed by atoms with Crippen LogP contribution in [0.2, 0.25) is 0 Å². The largest absolute Gasteiger partial charge is 0.491 e. The van der Waals surface area contributed by atoms with Crippen LogP contribution in [0, 0.1) is 0 Å². The monoisotopic (exact) mass is 247 g/mol. The molecule has 1 saturated carbocycles. The molecule has 1 N–H and O–H groups in total. The van der Waals surface area contributed by atoms with Gasteiger partial charge < -0.3 is 10.1 Å². The molecule has 0 radical (unpaired) electrons. The van der Waals surface area contributed by atoms with Crippen LogP contribution in [0.3, 0.4) is 0 Å². The maximum atomic E-state index is 5.67. The molecule has 0 aromatic heterocycles. The first kappa shape index (κ1) is 13.4. The molecule has 2 nitrogen and oxygen atoms in total. The lowest BCUT2D eigenvalue weighted by Crippen LogP contribution is -2.34. The van der Waals surface area contributed by atoms with Crippen LogP contribution < -0.4 is 10.1 Å². The molecule has 1 aromatic rings. The fourth-order valence-corrected chi connectivity index (χ4v) is 2.05. The zero-order chi connectivity index (χ0) is 13.2. The second-order valence-corrected chi connectivity index (χ2v) is 6.23. The van der Waals surface area contributed by atoms with Crippen molar-refractivity contribution in [2.75, 3.05) is 6.54 Å². The number of hydrogen-bond acceptors (Lipinski definition) is 2. The van der Waals surface area contributed by atoms with Gasteiger partial charge in [0.05, 0.1) is 6.10 Å². The highest BCUT2D eigenvalue weighted by molar-refractivity contribution is 5.32.